The maximum Gasteiger partial charge on any atom is 0.247 e. The van der Waals surface area contributed by atoms with Crippen molar-refractivity contribution in [1.82, 2.24) is 25.2 Å². The number of rotatable bonds is 9. The molecule has 1 aromatic heterocycles. The zero-order valence-corrected chi connectivity index (χ0v) is 21.0. The fourth-order valence-corrected chi connectivity index (χ4v) is 4.00. The lowest BCUT2D eigenvalue weighted by Crippen LogP contribution is -2.50. The molecule has 0 radical (unpaired) electrons. The summed E-state index contributed by atoms with van der Waals surface area (Å²) in [5.74, 6) is -2.03. The minimum atomic E-state index is -1.28. The lowest BCUT2D eigenvalue weighted by atomic mass is 9.98. The fourth-order valence-electron chi connectivity index (χ4n) is 4.00. The van der Waals surface area contributed by atoms with E-state index in [0.29, 0.717) is 23.0 Å². The summed E-state index contributed by atoms with van der Waals surface area (Å²) in [5, 5.41) is 11.2. The summed E-state index contributed by atoms with van der Waals surface area (Å²) in [4.78, 5) is 28.9. The molecule has 1 N–H and O–H groups in total. The number of para-hydroxylation sites is 1. The Morgan fingerprint density at radius 2 is 1.68 bits per heavy atom. The van der Waals surface area contributed by atoms with Crippen molar-refractivity contribution in [3.63, 3.8) is 0 Å². The van der Waals surface area contributed by atoms with E-state index in [1.54, 1.807) is 18.2 Å². The molecule has 0 bridgehead atoms. The van der Waals surface area contributed by atoms with Crippen LogP contribution in [0, 0.1) is 11.6 Å². The number of benzene rings is 3. The monoisotopic (exact) mass is 505 g/mol. The number of fused-ring (bicyclic) bond motifs is 1. The molecule has 9 heteroatoms. The summed E-state index contributed by atoms with van der Waals surface area (Å²) >= 11 is 0. The van der Waals surface area contributed by atoms with E-state index < -0.39 is 35.0 Å². The van der Waals surface area contributed by atoms with Crippen LogP contribution in [0.2, 0.25) is 0 Å². The summed E-state index contributed by atoms with van der Waals surface area (Å²) in [6.07, 6.45) is 0.625. The molecule has 0 saturated carbocycles. The Balaban J connectivity index is 1.78. The third-order valence-corrected chi connectivity index (χ3v) is 6.40. The maximum absolute atomic E-state index is 15.1. The van der Waals surface area contributed by atoms with Gasteiger partial charge in [-0.3, -0.25) is 9.59 Å². The second-order valence-electron chi connectivity index (χ2n) is 9.53. The summed E-state index contributed by atoms with van der Waals surface area (Å²) in [7, 11) is 0. The Morgan fingerprint density at radius 3 is 2.38 bits per heavy atom. The van der Waals surface area contributed by atoms with Crippen molar-refractivity contribution >= 4 is 22.8 Å². The van der Waals surface area contributed by atoms with E-state index in [1.165, 1.54) is 52.0 Å². The van der Waals surface area contributed by atoms with Crippen molar-refractivity contribution in [3.8, 4) is 0 Å². The SMILES string of the molecule is CCC(C)(C)NC(=O)[C@H](c1ccccc1F)N(Cc1ccc(F)cc1)C(=O)Cn1nnc2ccccc21. The van der Waals surface area contributed by atoms with Gasteiger partial charge in [-0.25, -0.2) is 13.5 Å². The molecule has 0 saturated heterocycles. The predicted octanol–water partition coefficient (Wildman–Crippen LogP) is 4.78. The number of nitrogens with one attached hydrogen (secondary N) is 1. The molecule has 1 heterocycles. The second-order valence-corrected chi connectivity index (χ2v) is 9.53. The molecule has 192 valence electrons. The minimum absolute atomic E-state index is 0.0509. The molecule has 37 heavy (non-hydrogen) atoms. The van der Waals surface area contributed by atoms with Crippen molar-refractivity contribution in [1.29, 1.82) is 0 Å². The lowest BCUT2D eigenvalue weighted by Gasteiger charge is -2.34. The van der Waals surface area contributed by atoms with Crippen molar-refractivity contribution < 1.29 is 18.4 Å². The molecule has 0 aliphatic rings. The Morgan fingerprint density at radius 1 is 1.00 bits per heavy atom. The van der Waals surface area contributed by atoms with Crippen LogP contribution >= 0.6 is 0 Å². The molecule has 2 amide bonds. The highest BCUT2D eigenvalue weighted by molar-refractivity contribution is 5.89. The topological polar surface area (TPSA) is 80.1 Å². The first-order valence-corrected chi connectivity index (χ1v) is 12.1. The summed E-state index contributed by atoms with van der Waals surface area (Å²) in [5.41, 5.74) is 1.32. The quantitative estimate of drug-likeness (QED) is 0.355. The van der Waals surface area contributed by atoms with Gasteiger partial charge >= 0.3 is 0 Å². The Labute approximate surface area is 214 Å². The first-order chi connectivity index (χ1) is 17.7. The minimum Gasteiger partial charge on any atom is -0.349 e. The molecule has 0 aliphatic carbocycles. The number of carbonyl (C=O) groups is 2. The van der Waals surface area contributed by atoms with E-state index in [1.807, 2.05) is 32.9 Å². The van der Waals surface area contributed by atoms with Gasteiger partial charge in [-0.1, -0.05) is 54.6 Å². The van der Waals surface area contributed by atoms with Gasteiger partial charge in [0.1, 0.15) is 29.7 Å². The van der Waals surface area contributed by atoms with Crippen molar-refractivity contribution in [2.75, 3.05) is 0 Å². The summed E-state index contributed by atoms with van der Waals surface area (Å²) in [6.45, 7) is 5.37. The molecular weight excluding hydrogens is 476 g/mol. The standard InChI is InChI=1S/C28H29F2N5O2/c1-4-28(2,3)31-27(37)26(21-9-5-6-10-22(21)30)34(17-19-13-15-20(29)16-14-19)25(36)18-35-24-12-8-7-11-23(24)32-33-35/h5-16,26H,4,17-18H2,1-3H3,(H,31,37)/t26-/m0/s1. The highest BCUT2D eigenvalue weighted by Gasteiger charge is 2.35. The van der Waals surface area contributed by atoms with Crippen LogP contribution in [0.25, 0.3) is 11.0 Å². The lowest BCUT2D eigenvalue weighted by molar-refractivity contribution is -0.143. The average molecular weight is 506 g/mol. The average Bonchev–Trinajstić information content (AvgIpc) is 3.28. The summed E-state index contributed by atoms with van der Waals surface area (Å²) < 4.78 is 30.2. The van der Waals surface area contributed by atoms with Crippen LogP contribution in [0.3, 0.4) is 0 Å². The third kappa shape index (κ3) is 5.99. The zero-order chi connectivity index (χ0) is 26.6. The summed E-state index contributed by atoms with van der Waals surface area (Å²) in [6, 6.07) is 17.4. The van der Waals surface area contributed by atoms with Crippen molar-refractivity contribution in [2.24, 2.45) is 0 Å². The van der Waals surface area contributed by atoms with Crippen LogP contribution in [-0.2, 0) is 22.7 Å². The van der Waals surface area contributed by atoms with Crippen LogP contribution < -0.4 is 5.32 Å². The van der Waals surface area contributed by atoms with E-state index in [4.69, 9.17) is 0 Å². The maximum atomic E-state index is 15.1. The third-order valence-electron chi connectivity index (χ3n) is 6.40. The van der Waals surface area contributed by atoms with E-state index >= 15 is 4.39 Å². The first kappa shape index (κ1) is 25.9. The molecule has 7 nitrogen and oxygen atoms in total. The largest absolute Gasteiger partial charge is 0.349 e. The zero-order valence-electron chi connectivity index (χ0n) is 21.0. The van der Waals surface area contributed by atoms with Crippen LogP contribution in [0.1, 0.15) is 44.4 Å². The molecule has 0 spiro atoms. The van der Waals surface area contributed by atoms with Gasteiger partial charge in [0, 0.05) is 17.6 Å². The van der Waals surface area contributed by atoms with E-state index in [-0.39, 0.29) is 18.7 Å². The predicted molar refractivity (Wildman–Crippen MR) is 136 cm³/mol. The molecule has 0 aliphatic heterocycles. The van der Waals surface area contributed by atoms with Crippen molar-refractivity contribution in [2.45, 2.75) is 51.9 Å². The molecule has 4 rings (SSSR count). The smallest absolute Gasteiger partial charge is 0.247 e. The Kier molecular flexibility index (Phi) is 7.61. The first-order valence-electron chi connectivity index (χ1n) is 12.1. The van der Waals surface area contributed by atoms with Gasteiger partial charge in [-0.15, -0.1) is 5.10 Å². The van der Waals surface area contributed by atoms with Crippen molar-refractivity contribution in [3.05, 3.63) is 95.6 Å². The van der Waals surface area contributed by atoms with Gasteiger partial charge in [0.05, 0.1) is 5.52 Å². The number of nitrogens with zero attached hydrogens (tertiary/aromatic N) is 4. The van der Waals surface area contributed by atoms with E-state index in [2.05, 4.69) is 15.6 Å². The van der Waals surface area contributed by atoms with Gasteiger partial charge in [0.15, 0.2) is 0 Å². The molecule has 0 fully saturated rings. The van der Waals surface area contributed by atoms with Gasteiger partial charge in [0.2, 0.25) is 11.8 Å². The molecule has 1 atom stereocenters. The van der Waals surface area contributed by atoms with Crippen LogP contribution in [0.4, 0.5) is 8.78 Å². The molecular formula is C28H29F2N5O2. The highest BCUT2D eigenvalue weighted by Crippen LogP contribution is 2.28. The fraction of sp³-hybridized carbons (Fsp3) is 0.286. The van der Waals surface area contributed by atoms with Crippen LogP contribution in [0.15, 0.2) is 72.8 Å². The number of aromatic nitrogens is 3. The van der Waals surface area contributed by atoms with Gasteiger partial charge in [-0.2, -0.15) is 0 Å². The number of amides is 2. The van der Waals surface area contributed by atoms with Crippen LogP contribution in [0.5, 0.6) is 0 Å². The second kappa shape index (κ2) is 10.9. The normalized spacial score (nSPS) is 12.4. The molecule has 0 unspecified atom stereocenters. The molecule has 3 aromatic carbocycles. The van der Waals surface area contributed by atoms with Gasteiger partial charge in [-0.05, 0) is 56.2 Å². The Hall–Kier alpha value is -4.14. The molecule has 4 aromatic rings. The van der Waals surface area contributed by atoms with E-state index in [0.717, 1.165) is 0 Å². The van der Waals surface area contributed by atoms with Gasteiger partial charge < -0.3 is 10.2 Å². The van der Waals surface area contributed by atoms with Gasteiger partial charge in [0.25, 0.3) is 0 Å². The number of hydrogen-bond acceptors (Lipinski definition) is 4. The van der Waals surface area contributed by atoms with E-state index in [9.17, 15) is 14.0 Å². The number of carbonyl (C=O) groups excluding carboxylic acids is 2. The number of halogens is 2. The highest BCUT2D eigenvalue weighted by atomic mass is 19.1. The van der Waals surface area contributed by atoms with Crippen LogP contribution in [-0.4, -0.2) is 37.2 Å². The Bertz CT molecular complexity index is 1400. The number of hydrogen-bond donors (Lipinski definition) is 1.